The summed E-state index contributed by atoms with van der Waals surface area (Å²) < 4.78 is 0. The minimum absolute atomic E-state index is 0. The Labute approximate surface area is 74.4 Å². The predicted molar refractivity (Wildman–Crippen MR) is 32.6 cm³/mol. The normalized spacial score (nSPS) is 9.73. The van der Waals surface area contributed by atoms with E-state index in [2.05, 4.69) is 4.85 Å². The summed E-state index contributed by atoms with van der Waals surface area (Å²) in [6.07, 6.45) is 0. The van der Waals surface area contributed by atoms with Crippen LogP contribution in [0.4, 0.5) is 0 Å². The average molecular weight is 200 g/mol. The SMILES string of the molecule is [C-]#[N+]C(=O)/C(C)=C(\O)C#N.[Cu]. The summed E-state index contributed by atoms with van der Waals surface area (Å²) in [7, 11) is 0. The molecule has 0 spiro atoms. The van der Waals surface area contributed by atoms with E-state index < -0.39 is 11.7 Å². The topological polar surface area (TPSA) is 65.4 Å². The van der Waals surface area contributed by atoms with Crippen LogP contribution in [0.3, 0.4) is 0 Å². The number of aliphatic hydroxyl groups excluding tert-OH is 1. The van der Waals surface area contributed by atoms with Crippen LogP contribution in [0.2, 0.25) is 0 Å². The van der Waals surface area contributed by atoms with Crippen LogP contribution in [-0.2, 0) is 21.9 Å². The number of allylic oxidation sites excluding steroid dienone is 1. The van der Waals surface area contributed by atoms with E-state index in [1.165, 1.54) is 13.0 Å². The number of carbonyl (C=O) groups excluding carboxylic acids is 1. The van der Waals surface area contributed by atoms with Crippen molar-refractivity contribution in [3.8, 4) is 6.07 Å². The van der Waals surface area contributed by atoms with Crippen LogP contribution in [-0.4, -0.2) is 11.0 Å². The van der Waals surface area contributed by atoms with E-state index in [9.17, 15) is 4.79 Å². The largest absolute Gasteiger partial charge is 0.500 e. The predicted octanol–water partition coefficient (Wildman–Crippen LogP) is 0.785. The zero-order valence-corrected chi connectivity index (χ0v) is 6.49. The van der Waals surface area contributed by atoms with Crippen LogP contribution in [0.1, 0.15) is 6.92 Å². The number of hydrogen-bond donors (Lipinski definition) is 1. The van der Waals surface area contributed by atoms with E-state index in [0.29, 0.717) is 0 Å². The van der Waals surface area contributed by atoms with E-state index in [0.717, 1.165) is 0 Å². The molecular weight excluding hydrogens is 196 g/mol. The van der Waals surface area contributed by atoms with Gasteiger partial charge in [0, 0.05) is 17.1 Å². The summed E-state index contributed by atoms with van der Waals surface area (Å²) in [6, 6.07) is 1.35. The maximum atomic E-state index is 10.4. The van der Waals surface area contributed by atoms with Gasteiger partial charge in [-0.25, -0.2) is 0 Å². The summed E-state index contributed by atoms with van der Waals surface area (Å²) in [5.74, 6) is -1.60. The second kappa shape index (κ2) is 5.49. The van der Waals surface area contributed by atoms with Crippen molar-refractivity contribution in [2.24, 2.45) is 0 Å². The Morgan fingerprint density at radius 3 is 2.45 bits per heavy atom. The molecule has 5 heteroatoms. The van der Waals surface area contributed by atoms with E-state index >= 15 is 0 Å². The molecule has 0 heterocycles. The molecule has 0 aliphatic carbocycles. The molecule has 0 rings (SSSR count). The fourth-order valence-electron chi connectivity index (χ4n) is 0.269. The Balaban J connectivity index is 0. The zero-order valence-electron chi connectivity index (χ0n) is 5.55. The molecule has 0 aliphatic heterocycles. The molecule has 0 saturated carbocycles. The number of rotatable bonds is 1. The van der Waals surface area contributed by atoms with Crippen molar-refractivity contribution in [2.75, 3.05) is 0 Å². The molecule has 0 aromatic heterocycles. The third-order valence-corrected chi connectivity index (χ3v) is 0.883. The van der Waals surface area contributed by atoms with Gasteiger partial charge < -0.3 is 9.90 Å². The monoisotopic (exact) mass is 199 g/mol. The third kappa shape index (κ3) is 3.42. The summed E-state index contributed by atoms with van der Waals surface area (Å²) in [5.41, 5.74) is -0.211. The van der Waals surface area contributed by atoms with Crippen LogP contribution in [0.15, 0.2) is 11.3 Å². The van der Waals surface area contributed by atoms with Crippen molar-refractivity contribution in [3.63, 3.8) is 0 Å². The Morgan fingerprint density at radius 2 is 2.18 bits per heavy atom. The van der Waals surface area contributed by atoms with Gasteiger partial charge in [0.25, 0.3) is 0 Å². The molecule has 0 saturated heterocycles. The molecule has 4 nitrogen and oxygen atoms in total. The quantitative estimate of drug-likeness (QED) is 0.170. The molecule has 1 radical (unpaired) electrons. The molecule has 0 bridgehead atoms. The second-order valence-electron chi connectivity index (χ2n) is 1.50. The maximum Gasteiger partial charge on any atom is 0.386 e. The molecule has 61 valence electrons. The van der Waals surface area contributed by atoms with E-state index in [4.69, 9.17) is 16.9 Å². The van der Waals surface area contributed by atoms with Gasteiger partial charge in [0.2, 0.25) is 0 Å². The Hall–Kier alpha value is -1.29. The number of amides is 1. The first-order chi connectivity index (χ1) is 4.63. The standard InChI is InChI=1S/C6H4N2O2.Cu/c1-4(5(9)3-7)6(10)8-2;/h9H,1H3;/b5-4-;. The minimum atomic E-state index is -0.904. The number of carbonyl (C=O) groups is 1. The van der Waals surface area contributed by atoms with Crippen LogP contribution < -0.4 is 0 Å². The van der Waals surface area contributed by atoms with Crippen molar-refractivity contribution in [1.82, 2.24) is 0 Å². The summed E-state index contributed by atoms with van der Waals surface area (Å²) in [6.45, 7) is 7.45. The van der Waals surface area contributed by atoms with Crippen LogP contribution in [0.5, 0.6) is 0 Å². The number of nitrogens with zero attached hydrogens (tertiary/aromatic N) is 2. The smallest absolute Gasteiger partial charge is 0.386 e. The van der Waals surface area contributed by atoms with E-state index in [1.54, 1.807) is 0 Å². The van der Waals surface area contributed by atoms with Crippen LogP contribution in [0, 0.1) is 17.9 Å². The van der Waals surface area contributed by atoms with Crippen molar-refractivity contribution in [1.29, 1.82) is 5.26 Å². The van der Waals surface area contributed by atoms with Gasteiger partial charge in [0.15, 0.2) is 5.76 Å². The van der Waals surface area contributed by atoms with E-state index in [-0.39, 0.29) is 22.6 Å². The van der Waals surface area contributed by atoms with Crippen molar-refractivity contribution in [2.45, 2.75) is 6.92 Å². The Morgan fingerprint density at radius 1 is 1.73 bits per heavy atom. The first kappa shape index (κ1) is 12.4. The molecule has 0 fully saturated rings. The molecule has 0 unspecified atom stereocenters. The van der Waals surface area contributed by atoms with Crippen molar-refractivity contribution < 1.29 is 27.0 Å². The molecule has 1 amide bonds. The van der Waals surface area contributed by atoms with Gasteiger partial charge in [0.05, 0.1) is 12.1 Å². The summed E-state index contributed by atoms with van der Waals surface area (Å²) in [4.78, 5) is 12.9. The Bertz CT molecular complexity index is 269. The van der Waals surface area contributed by atoms with Crippen molar-refractivity contribution >= 4 is 5.91 Å². The van der Waals surface area contributed by atoms with Crippen molar-refractivity contribution in [3.05, 3.63) is 22.7 Å². The molecule has 0 aromatic rings. The molecule has 11 heavy (non-hydrogen) atoms. The molecule has 0 aromatic carbocycles. The minimum Gasteiger partial charge on any atom is -0.500 e. The molecule has 1 N–H and O–H groups in total. The van der Waals surface area contributed by atoms with Gasteiger partial charge in [-0.2, -0.15) is 10.1 Å². The number of hydrogen-bond acceptors (Lipinski definition) is 3. The van der Waals surface area contributed by atoms with Gasteiger partial charge in [0.1, 0.15) is 6.07 Å². The molecule has 0 atom stereocenters. The summed E-state index contributed by atoms with van der Waals surface area (Å²) >= 11 is 0. The van der Waals surface area contributed by atoms with Gasteiger partial charge in [-0.1, -0.05) is 0 Å². The van der Waals surface area contributed by atoms with Gasteiger partial charge in [-0.05, 0) is 6.92 Å². The summed E-state index contributed by atoms with van der Waals surface area (Å²) in [5, 5.41) is 16.6. The maximum absolute atomic E-state index is 10.4. The van der Waals surface area contributed by atoms with Crippen LogP contribution in [0.25, 0.3) is 4.85 Å². The molecule has 0 aliphatic rings. The Kier molecular flexibility index (Phi) is 6.19. The first-order valence-electron chi connectivity index (χ1n) is 2.35. The second-order valence-corrected chi connectivity index (χ2v) is 1.50. The van der Waals surface area contributed by atoms with Gasteiger partial charge in [-0.15, -0.1) is 0 Å². The van der Waals surface area contributed by atoms with Gasteiger partial charge in [-0.3, -0.25) is 0 Å². The number of nitriles is 1. The fraction of sp³-hybridized carbons (Fsp3) is 0.167. The molecular formula is C6H4CuN2O2. The third-order valence-electron chi connectivity index (χ3n) is 0.883. The van der Waals surface area contributed by atoms with Crippen LogP contribution >= 0.6 is 0 Å². The first-order valence-corrected chi connectivity index (χ1v) is 2.35. The van der Waals surface area contributed by atoms with Gasteiger partial charge >= 0.3 is 5.91 Å². The fourth-order valence-corrected chi connectivity index (χ4v) is 0.269. The zero-order chi connectivity index (χ0) is 8.15. The average Bonchev–Trinajstić information content (AvgIpc) is 2.00. The van der Waals surface area contributed by atoms with E-state index in [1.807, 2.05) is 0 Å². The number of aliphatic hydroxyl groups is 1.